The summed E-state index contributed by atoms with van der Waals surface area (Å²) in [5.41, 5.74) is 0. The summed E-state index contributed by atoms with van der Waals surface area (Å²) in [5, 5.41) is 8.40. The summed E-state index contributed by atoms with van der Waals surface area (Å²) < 4.78 is 5.11. The van der Waals surface area contributed by atoms with E-state index in [0.717, 1.165) is 5.75 Å². The zero-order chi connectivity index (χ0) is 7.23. The molecule has 1 rings (SSSR count). The van der Waals surface area contributed by atoms with Crippen LogP contribution in [0.25, 0.3) is 0 Å². The molecule has 0 radical (unpaired) electrons. The minimum atomic E-state index is 0. The van der Waals surface area contributed by atoms with Gasteiger partial charge in [0.1, 0.15) is 12.4 Å². The maximum atomic E-state index is 8.40. The van der Waals surface area contributed by atoms with Crippen molar-refractivity contribution in [2.45, 2.75) is 0 Å². The predicted octanol–water partition coefficient (Wildman–Crippen LogP) is 1.36. The fourth-order valence-electron chi connectivity index (χ4n) is 0.680. The molecule has 0 heterocycles. The van der Waals surface area contributed by atoms with Gasteiger partial charge >= 0.3 is 0 Å². The van der Waals surface area contributed by atoms with Crippen molar-refractivity contribution in [2.75, 3.05) is 13.2 Å². The number of rotatable bonds is 3. The van der Waals surface area contributed by atoms with Crippen molar-refractivity contribution < 1.29 is 38.7 Å². The van der Waals surface area contributed by atoms with Crippen LogP contribution >= 0.6 is 0 Å². The molecule has 5 heteroatoms. The van der Waals surface area contributed by atoms with E-state index in [2.05, 4.69) is 0 Å². The van der Waals surface area contributed by atoms with Gasteiger partial charge in [0.2, 0.25) is 0 Å². The molecule has 0 amide bonds. The molecule has 1 N–H and O–H groups in total. The second-order valence-electron chi connectivity index (χ2n) is 1.89. The van der Waals surface area contributed by atoms with E-state index in [9.17, 15) is 0 Å². The van der Waals surface area contributed by atoms with Gasteiger partial charge in [0.05, 0.1) is 6.61 Å². The van der Waals surface area contributed by atoms with Crippen molar-refractivity contribution in [2.24, 2.45) is 0 Å². The second-order valence-corrected chi connectivity index (χ2v) is 1.89. The molecule has 13 heavy (non-hydrogen) atoms. The number of halogens is 2. The van der Waals surface area contributed by atoms with Gasteiger partial charge in [0.15, 0.2) is 0 Å². The van der Waals surface area contributed by atoms with Crippen LogP contribution in [-0.4, -0.2) is 18.3 Å². The largest absolute Gasteiger partial charge is 0.491 e. The van der Waals surface area contributed by atoms with Gasteiger partial charge in [-0.1, -0.05) is 18.2 Å². The molecular weight excluding hydrogens is 267 g/mol. The summed E-state index contributed by atoms with van der Waals surface area (Å²) in [7, 11) is 0. The van der Waals surface area contributed by atoms with Gasteiger partial charge in [-0.3, -0.25) is 9.41 Å². The summed E-state index contributed by atoms with van der Waals surface area (Å²) in [6.07, 6.45) is 0. The van der Waals surface area contributed by atoms with E-state index in [1.165, 1.54) is 0 Å². The normalized spacial score (nSPS) is 7.15. The zero-order valence-electron chi connectivity index (χ0n) is 6.83. The third-order valence-corrected chi connectivity index (χ3v) is 1.10. The Morgan fingerprint density at radius 3 is 2.08 bits per heavy atom. The molecule has 0 aliphatic carbocycles. The molecule has 78 valence electrons. The van der Waals surface area contributed by atoms with Crippen LogP contribution in [0.2, 0.25) is 0 Å². The third kappa shape index (κ3) is 7.81. The molecule has 0 spiro atoms. The van der Waals surface area contributed by atoms with Crippen LogP contribution in [-0.2, 0) is 19.5 Å². The van der Waals surface area contributed by atoms with Gasteiger partial charge in [-0.2, -0.15) is 0 Å². The molecular formula is C8H12F2O2Ru. The SMILES string of the molecule is F.F.OCCOc1ccccc1.[Ru]. The van der Waals surface area contributed by atoms with E-state index in [0.29, 0.717) is 6.61 Å². The molecule has 1 aromatic rings. The first-order valence-electron chi connectivity index (χ1n) is 3.22. The summed E-state index contributed by atoms with van der Waals surface area (Å²) in [5.74, 6) is 0.802. The van der Waals surface area contributed by atoms with Crippen LogP contribution < -0.4 is 4.74 Å². The van der Waals surface area contributed by atoms with Gasteiger partial charge in [0.25, 0.3) is 0 Å². The van der Waals surface area contributed by atoms with Crippen LogP contribution in [0.15, 0.2) is 30.3 Å². The Hall–Kier alpha value is -0.537. The molecule has 0 atom stereocenters. The number of hydrogen-bond donors (Lipinski definition) is 1. The summed E-state index contributed by atoms with van der Waals surface area (Å²) in [4.78, 5) is 0. The number of aliphatic hydroxyl groups is 1. The van der Waals surface area contributed by atoms with E-state index < -0.39 is 0 Å². The smallest absolute Gasteiger partial charge is 0.119 e. The van der Waals surface area contributed by atoms with Crippen LogP contribution in [0.3, 0.4) is 0 Å². The van der Waals surface area contributed by atoms with Crippen molar-refractivity contribution in [3.05, 3.63) is 30.3 Å². The Labute approximate surface area is 88.4 Å². The summed E-state index contributed by atoms with van der Waals surface area (Å²) in [6, 6.07) is 9.43. The minimum absolute atomic E-state index is 0. The topological polar surface area (TPSA) is 29.5 Å². The van der Waals surface area contributed by atoms with Gasteiger partial charge in [-0.05, 0) is 12.1 Å². The predicted molar refractivity (Wildman–Crippen MR) is 44.0 cm³/mol. The van der Waals surface area contributed by atoms with Crippen LogP contribution in [0.5, 0.6) is 5.75 Å². The molecule has 0 aliphatic heterocycles. The Morgan fingerprint density at radius 2 is 1.62 bits per heavy atom. The summed E-state index contributed by atoms with van der Waals surface area (Å²) >= 11 is 0. The van der Waals surface area contributed by atoms with Crippen molar-refractivity contribution in [3.63, 3.8) is 0 Å². The molecule has 0 fully saturated rings. The molecule has 0 saturated heterocycles. The van der Waals surface area contributed by atoms with Crippen molar-refractivity contribution in [1.29, 1.82) is 0 Å². The summed E-state index contributed by atoms with van der Waals surface area (Å²) in [6.45, 7) is 0.429. The van der Waals surface area contributed by atoms with Crippen molar-refractivity contribution in [3.8, 4) is 5.75 Å². The number of ether oxygens (including phenoxy) is 1. The molecule has 1 aromatic carbocycles. The van der Waals surface area contributed by atoms with Crippen LogP contribution in [0.1, 0.15) is 0 Å². The Balaban J connectivity index is -0.000000333. The fraction of sp³-hybridized carbons (Fsp3) is 0.250. The van der Waals surface area contributed by atoms with E-state index in [4.69, 9.17) is 9.84 Å². The third-order valence-electron chi connectivity index (χ3n) is 1.10. The molecule has 0 aliphatic rings. The molecule has 0 bridgehead atoms. The number of hydrogen-bond acceptors (Lipinski definition) is 2. The van der Waals surface area contributed by atoms with Gasteiger partial charge in [-0.15, -0.1) is 0 Å². The van der Waals surface area contributed by atoms with Crippen LogP contribution in [0, 0.1) is 0 Å². The first-order valence-corrected chi connectivity index (χ1v) is 3.22. The molecule has 0 aromatic heterocycles. The van der Waals surface area contributed by atoms with Crippen molar-refractivity contribution >= 4 is 0 Å². The second kappa shape index (κ2) is 11.5. The molecule has 0 unspecified atom stereocenters. The minimum Gasteiger partial charge on any atom is -0.491 e. The van der Waals surface area contributed by atoms with Gasteiger partial charge in [-0.25, -0.2) is 0 Å². The molecule has 2 nitrogen and oxygen atoms in total. The van der Waals surface area contributed by atoms with Gasteiger partial charge < -0.3 is 9.84 Å². The average molecular weight is 279 g/mol. The van der Waals surface area contributed by atoms with E-state index in [1.54, 1.807) is 0 Å². The monoisotopic (exact) mass is 280 g/mol. The van der Waals surface area contributed by atoms with Crippen molar-refractivity contribution in [1.82, 2.24) is 0 Å². The first kappa shape index (κ1) is 18.3. The Morgan fingerprint density at radius 1 is 1.08 bits per heavy atom. The fourth-order valence-corrected chi connectivity index (χ4v) is 0.680. The number of para-hydroxylation sites is 1. The van der Waals surface area contributed by atoms with E-state index in [-0.39, 0.29) is 35.5 Å². The maximum Gasteiger partial charge on any atom is 0.119 e. The quantitative estimate of drug-likeness (QED) is 0.847. The standard InChI is InChI=1S/C8H10O2.2FH.Ru/c9-6-7-10-8-4-2-1-3-5-8;;;/h1-5,9H,6-7H2;2*1H;. The van der Waals surface area contributed by atoms with Gasteiger partial charge in [0, 0.05) is 19.5 Å². The Bertz CT molecular complexity index is 185. The number of aliphatic hydroxyl groups excluding tert-OH is 1. The average Bonchev–Trinajstić information content (AvgIpc) is 2.03. The van der Waals surface area contributed by atoms with E-state index >= 15 is 0 Å². The molecule has 0 saturated carbocycles. The van der Waals surface area contributed by atoms with Crippen LogP contribution in [0.4, 0.5) is 9.41 Å². The van der Waals surface area contributed by atoms with E-state index in [1.807, 2.05) is 30.3 Å². The maximum absolute atomic E-state index is 8.40. The Kier molecular flexibility index (Phi) is 16.1. The first-order chi connectivity index (χ1) is 4.93. The zero-order valence-corrected chi connectivity index (χ0v) is 8.56. The number of benzene rings is 1.